The van der Waals surface area contributed by atoms with Gasteiger partial charge in [0.05, 0.1) is 11.2 Å². The van der Waals surface area contributed by atoms with Crippen LogP contribution in [0.2, 0.25) is 5.15 Å². The fourth-order valence-corrected chi connectivity index (χ4v) is 3.95. The number of pyridine rings is 1. The number of rotatable bonds is 0. The summed E-state index contributed by atoms with van der Waals surface area (Å²) >= 11 is 7.47. The molecule has 1 amide bonds. The molecule has 2 aromatic heterocycles. The number of thiophene rings is 1. The Balaban J connectivity index is 2.08. The molecule has 21 heavy (non-hydrogen) atoms. The number of nitrogens with one attached hydrogen (secondary N) is 2. The van der Waals surface area contributed by atoms with Gasteiger partial charge >= 0.3 is 0 Å². The zero-order valence-electron chi connectivity index (χ0n) is 11.2. The van der Waals surface area contributed by atoms with Gasteiger partial charge in [0.25, 0.3) is 5.91 Å². The van der Waals surface area contributed by atoms with Crippen LogP contribution in [-0.2, 0) is 0 Å². The standard InChI is InChI=1S/C15H12ClN3OS/c1-7-6-17-13-12-8-2-5-11(16)19-9(8)3-4-10(12)21-14(13)15(20)18-7/h2-5,7,17H,6H2,1H3,(H,18,20)/t7-/m0/s1. The number of halogens is 1. The Hall–Kier alpha value is -1.85. The van der Waals surface area contributed by atoms with Gasteiger partial charge in [0.1, 0.15) is 10.0 Å². The molecule has 0 bridgehead atoms. The van der Waals surface area contributed by atoms with Crippen LogP contribution in [0.25, 0.3) is 21.0 Å². The first-order valence-corrected chi connectivity index (χ1v) is 7.89. The highest BCUT2D eigenvalue weighted by Gasteiger charge is 2.24. The molecule has 2 N–H and O–H groups in total. The number of hydrogen-bond acceptors (Lipinski definition) is 4. The first kappa shape index (κ1) is 12.9. The van der Waals surface area contributed by atoms with E-state index in [4.69, 9.17) is 11.6 Å². The van der Waals surface area contributed by atoms with Crippen LogP contribution in [0.4, 0.5) is 5.69 Å². The maximum atomic E-state index is 12.3. The van der Waals surface area contributed by atoms with Crippen molar-refractivity contribution in [2.45, 2.75) is 13.0 Å². The number of aromatic nitrogens is 1. The SMILES string of the molecule is C[C@H]1CNc2c(sc3ccc4nc(Cl)ccc4c23)C(=O)N1. The Kier molecular flexibility index (Phi) is 2.80. The molecule has 1 aliphatic rings. The van der Waals surface area contributed by atoms with E-state index < -0.39 is 0 Å². The number of fused-ring (bicyclic) bond motifs is 5. The lowest BCUT2D eigenvalue weighted by molar-refractivity contribution is 0.0949. The minimum Gasteiger partial charge on any atom is -0.381 e. The molecule has 0 unspecified atom stereocenters. The second-order valence-corrected chi connectivity index (χ2v) is 6.64. The maximum absolute atomic E-state index is 12.3. The molecule has 3 heterocycles. The molecular weight excluding hydrogens is 306 g/mol. The van der Waals surface area contributed by atoms with Gasteiger partial charge in [-0.1, -0.05) is 11.6 Å². The number of hydrogen-bond donors (Lipinski definition) is 2. The van der Waals surface area contributed by atoms with Crippen LogP contribution in [0.5, 0.6) is 0 Å². The largest absolute Gasteiger partial charge is 0.381 e. The molecule has 1 atom stereocenters. The van der Waals surface area contributed by atoms with Gasteiger partial charge in [-0.2, -0.15) is 0 Å². The number of carbonyl (C=O) groups is 1. The zero-order valence-corrected chi connectivity index (χ0v) is 12.8. The van der Waals surface area contributed by atoms with Crippen LogP contribution in [0.15, 0.2) is 24.3 Å². The Morgan fingerprint density at radius 1 is 1.33 bits per heavy atom. The molecule has 0 radical (unpaired) electrons. The molecule has 106 valence electrons. The van der Waals surface area contributed by atoms with Gasteiger partial charge in [-0.3, -0.25) is 4.79 Å². The quantitative estimate of drug-likeness (QED) is 0.622. The van der Waals surface area contributed by atoms with Gasteiger partial charge < -0.3 is 10.6 Å². The summed E-state index contributed by atoms with van der Waals surface area (Å²) < 4.78 is 1.08. The lowest BCUT2D eigenvalue weighted by Crippen LogP contribution is -2.34. The van der Waals surface area contributed by atoms with Gasteiger partial charge in [-0.25, -0.2) is 4.98 Å². The van der Waals surface area contributed by atoms with E-state index in [0.29, 0.717) is 11.7 Å². The average molecular weight is 318 g/mol. The molecule has 4 nitrogen and oxygen atoms in total. The molecular formula is C15H12ClN3OS. The van der Waals surface area contributed by atoms with Crippen LogP contribution < -0.4 is 10.6 Å². The van der Waals surface area contributed by atoms with Crippen molar-refractivity contribution in [1.29, 1.82) is 0 Å². The highest BCUT2D eigenvalue weighted by Crippen LogP contribution is 2.40. The predicted octanol–water partition coefficient (Wildman–Crippen LogP) is 3.65. The molecule has 1 aromatic carbocycles. The van der Waals surface area contributed by atoms with Crippen LogP contribution in [-0.4, -0.2) is 23.5 Å². The molecule has 6 heteroatoms. The molecule has 0 fully saturated rings. The summed E-state index contributed by atoms with van der Waals surface area (Å²) in [6.45, 7) is 2.70. The number of benzene rings is 1. The number of amides is 1. The Labute approximate surface area is 130 Å². The Morgan fingerprint density at radius 2 is 2.19 bits per heavy atom. The maximum Gasteiger partial charge on any atom is 0.263 e. The van der Waals surface area contributed by atoms with E-state index in [1.807, 2.05) is 25.1 Å². The predicted molar refractivity (Wildman–Crippen MR) is 87.6 cm³/mol. The molecule has 0 saturated heterocycles. The van der Waals surface area contributed by atoms with Crippen molar-refractivity contribution in [1.82, 2.24) is 10.3 Å². The summed E-state index contributed by atoms with van der Waals surface area (Å²) in [4.78, 5) is 17.4. The van der Waals surface area contributed by atoms with Crippen LogP contribution >= 0.6 is 22.9 Å². The summed E-state index contributed by atoms with van der Waals surface area (Å²) in [6, 6.07) is 7.80. The third-order valence-corrected chi connectivity index (χ3v) is 5.02. The van der Waals surface area contributed by atoms with Crippen molar-refractivity contribution < 1.29 is 4.79 Å². The highest BCUT2D eigenvalue weighted by atomic mass is 35.5. The van der Waals surface area contributed by atoms with Crippen molar-refractivity contribution in [3.05, 3.63) is 34.3 Å². The minimum absolute atomic E-state index is 0.0150. The fourth-order valence-electron chi connectivity index (χ4n) is 2.70. The van der Waals surface area contributed by atoms with E-state index in [9.17, 15) is 4.79 Å². The molecule has 0 aliphatic carbocycles. The van der Waals surface area contributed by atoms with E-state index >= 15 is 0 Å². The summed E-state index contributed by atoms with van der Waals surface area (Å²) in [5, 5.41) is 8.94. The topological polar surface area (TPSA) is 54.0 Å². The zero-order chi connectivity index (χ0) is 14.6. The lowest BCUT2D eigenvalue weighted by atomic mass is 10.1. The van der Waals surface area contributed by atoms with Crippen molar-refractivity contribution in [3.63, 3.8) is 0 Å². The Bertz CT molecular complexity index is 889. The average Bonchev–Trinajstić information content (AvgIpc) is 2.77. The molecule has 4 rings (SSSR count). The summed E-state index contributed by atoms with van der Waals surface area (Å²) in [7, 11) is 0. The summed E-state index contributed by atoms with van der Waals surface area (Å²) in [6.07, 6.45) is 0. The number of anilines is 1. The monoisotopic (exact) mass is 317 g/mol. The normalized spacial score (nSPS) is 18.2. The van der Waals surface area contributed by atoms with Crippen molar-refractivity contribution in [2.75, 3.05) is 11.9 Å². The Morgan fingerprint density at radius 3 is 3.05 bits per heavy atom. The van der Waals surface area contributed by atoms with Gasteiger partial charge in [0, 0.05) is 28.1 Å². The molecule has 1 aliphatic heterocycles. The lowest BCUT2D eigenvalue weighted by Gasteiger charge is -2.09. The molecule has 0 saturated carbocycles. The third-order valence-electron chi connectivity index (χ3n) is 3.66. The first-order chi connectivity index (χ1) is 10.1. The number of nitrogens with zero attached hydrogens (tertiary/aromatic N) is 1. The van der Waals surface area contributed by atoms with E-state index in [1.165, 1.54) is 11.3 Å². The minimum atomic E-state index is -0.0150. The van der Waals surface area contributed by atoms with E-state index in [2.05, 4.69) is 15.6 Å². The van der Waals surface area contributed by atoms with Gasteiger partial charge in [-0.15, -0.1) is 11.3 Å². The fraction of sp³-hybridized carbons (Fsp3) is 0.200. The smallest absolute Gasteiger partial charge is 0.263 e. The second-order valence-electron chi connectivity index (χ2n) is 5.20. The van der Waals surface area contributed by atoms with Crippen LogP contribution in [0.3, 0.4) is 0 Å². The number of carbonyl (C=O) groups excluding carboxylic acids is 1. The van der Waals surface area contributed by atoms with E-state index in [0.717, 1.165) is 31.6 Å². The van der Waals surface area contributed by atoms with Crippen molar-refractivity contribution >= 4 is 55.5 Å². The van der Waals surface area contributed by atoms with E-state index in [1.54, 1.807) is 6.07 Å². The highest BCUT2D eigenvalue weighted by molar-refractivity contribution is 7.21. The van der Waals surface area contributed by atoms with Crippen LogP contribution in [0.1, 0.15) is 16.6 Å². The first-order valence-electron chi connectivity index (χ1n) is 6.70. The van der Waals surface area contributed by atoms with Gasteiger partial charge in [0.2, 0.25) is 0 Å². The second kappa shape index (κ2) is 4.58. The molecule has 0 spiro atoms. The summed E-state index contributed by atoms with van der Waals surface area (Å²) in [5.74, 6) is -0.0150. The van der Waals surface area contributed by atoms with Gasteiger partial charge in [0.15, 0.2) is 0 Å². The van der Waals surface area contributed by atoms with Crippen molar-refractivity contribution in [2.24, 2.45) is 0 Å². The third kappa shape index (κ3) is 1.96. The molecule has 3 aromatic rings. The summed E-state index contributed by atoms with van der Waals surface area (Å²) in [5.41, 5.74) is 1.75. The van der Waals surface area contributed by atoms with Crippen molar-refractivity contribution in [3.8, 4) is 0 Å². The van der Waals surface area contributed by atoms with Gasteiger partial charge in [-0.05, 0) is 31.2 Å². The van der Waals surface area contributed by atoms with E-state index in [-0.39, 0.29) is 11.9 Å². The van der Waals surface area contributed by atoms with Crippen LogP contribution in [0, 0.1) is 0 Å².